The molecule has 3 rings (SSSR count). The highest BCUT2D eigenvalue weighted by molar-refractivity contribution is 7.91. The van der Waals surface area contributed by atoms with E-state index in [9.17, 15) is 16.8 Å². The third-order valence-corrected chi connectivity index (χ3v) is 8.34. The molecule has 134 valence electrons. The van der Waals surface area contributed by atoms with Crippen LogP contribution >= 0.6 is 0 Å². The summed E-state index contributed by atoms with van der Waals surface area (Å²) in [5.41, 5.74) is 0. The molecule has 1 unspecified atom stereocenters. The van der Waals surface area contributed by atoms with Gasteiger partial charge in [-0.3, -0.25) is 0 Å². The molecule has 8 heteroatoms. The van der Waals surface area contributed by atoms with Gasteiger partial charge >= 0.3 is 0 Å². The van der Waals surface area contributed by atoms with E-state index in [1.807, 2.05) is 0 Å². The van der Waals surface area contributed by atoms with Crippen molar-refractivity contribution < 1.29 is 21.6 Å². The van der Waals surface area contributed by atoms with E-state index in [-0.39, 0.29) is 21.6 Å². The van der Waals surface area contributed by atoms with Crippen LogP contribution in [-0.4, -0.2) is 53.2 Å². The molecule has 1 saturated heterocycles. The minimum Gasteiger partial charge on any atom is -0.380 e. The molecule has 0 aromatic heterocycles. The lowest BCUT2D eigenvalue weighted by Crippen LogP contribution is -2.28. The van der Waals surface area contributed by atoms with Gasteiger partial charge in [-0.05, 0) is 49.8 Å². The van der Waals surface area contributed by atoms with Crippen molar-refractivity contribution in [1.29, 1.82) is 0 Å². The number of benzene rings is 1. The quantitative estimate of drug-likeness (QED) is 0.726. The van der Waals surface area contributed by atoms with Crippen molar-refractivity contribution in [3.63, 3.8) is 0 Å². The zero-order valence-corrected chi connectivity index (χ0v) is 15.4. The average molecular weight is 373 g/mol. The number of methoxy groups -OCH3 is 1. The Morgan fingerprint density at radius 3 is 2.33 bits per heavy atom. The monoisotopic (exact) mass is 373 g/mol. The van der Waals surface area contributed by atoms with Crippen LogP contribution in [0, 0.1) is 5.92 Å². The van der Waals surface area contributed by atoms with Crippen molar-refractivity contribution in [3.05, 3.63) is 24.3 Å². The largest absolute Gasteiger partial charge is 0.380 e. The Balaban J connectivity index is 1.86. The third kappa shape index (κ3) is 3.66. The van der Waals surface area contributed by atoms with E-state index in [2.05, 4.69) is 0 Å². The molecule has 1 saturated carbocycles. The summed E-state index contributed by atoms with van der Waals surface area (Å²) in [7, 11) is -5.69. The van der Waals surface area contributed by atoms with Crippen LogP contribution in [0.15, 0.2) is 34.1 Å². The van der Waals surface area contributed by atoms with Crippen molar-refractivity contribution in [2.24, 2.45) is 5.92 Å². The molecular weight excluding hydrogens is 350 g/mol. The third-order valence-electron chi connectivity index (χ3n) is 4.70. The average Bonchev–Trinajstić information content (AvgIpc) is 3.25. The van der Waals surface area contributed by atoms with Gasteiger partial charge in [0.15, 0.2) is 9.84 Å². The number of sulfone groups is 1. The van der Waals surface area contributed by atoms with Crippen molar-refractivity contribution in [2.45, 2.75) is 41.6 Å². The Morgan fingerprint density at radius 2 is 1.75 bits per heavy atom. The van der Waals surface area contributed by atoms with E-state index in [1.54, 1.807) is 0 Å². The molecule has 0 bridgehead atoms. The van der Waals surface area contributed by atoms with E-state index >= 15 is 0 Å². The number of nitrogens with zero attached hydrogens (tertiary/aromatic N) is 1. The highest BCUT2D eigenvalue weighted by atomic mass is 32.2. The van der Waals surface area contributed by atoms with Crippen molar-refractivity contribution in [1.82, 2.24) is 4.31 Å². The van der Waals surface area contributed by atoms with Gasteiger partial charge in [0.05, 0.1) is 21.6 Å². The summed E-state index contributed by atoms with van der Waals surface area (Å²) in [5.74, 6) is 0.183. The van der Waals surface area contributed by atoms with E-state index in [4.69, 9.17) is 4.74 Å². The summed E-state index contributed by atoms with van der Waals surface area (Å²) in [6, 6.07) is 5.69. The summed E-state index contributed by atoms with van der Waals surface area (Å²) in [4.78, 5) is 0.0938. The predicted molar refractivity (Wildman–Crippen MR) is 90.0 cm³/mol. The van der Waals surface area contributed by atoms with Crippen LogP contribution in [0.4, 0.5) is 0 Å². The van der Waals surface area contributed by atoms with Gasteiger partial charge in [0.25, 0.3) is 0 Å². The zero-order valence-electron chi connectivity index (χ0n) is 13.7. The molecule has 2 fully saturated rings. The number of rotatable bonds is 7. The van der Waals surface area contributed by atoms with Gasteiger partial charge in [0.2, 0.25) is 10.0 Å². The second kappa shape index (κ2) is 6.74. The SMILES string of the molecule is COC(CS(=O)(=O)c1cccc(S(=O)(=O)N2CCCC2)c1)C1CC1. The molecule has 1 atom stereocenters. The molecule has 1 aliphatic heterocycles. The Hall–Kier alpha value is -0.960. The molecule has 1 heterocycles. The summed E-state index contributed by atoms with van der Waals surface area (Å²) >= 11 is 0. The van der Waals surface area contributed by atoms with Crippen LogP contribution in [0.1, 0.15) is 25.7 Å². The number of hydrogen-bond donors (Lipinski definition) is 0. The molecular formula is C16H23NO5S2. The van der Waals surface area contributed by atoms with E-state index in [0.29, 0.717) is 19.0 Å². The van der Waals surface area contributed by atoms with Gasteiger partial charge in [0.1, 0.15) is 0 Å². The topological polar surface area (TPSA) is 80.8 Å². The minimum absolute atomic E-state index is 0.0467. The van der Waals surface area contributed by atoms with E-state index < -0.39 is 19.9 Å². The lowest BCUT2D eigenvalue weighted by Gasteiger charge is -2.17. The number of sulfonamides is 1. The highest BCUT2D eigenvalue weighted by Crippen LogP contribution is 2.35. The summed E-state index contributed by atoms with van der Waals surface area (Å²) < 4.78 is 57.2. The lowest BCUT2D eigenvalue weighted by atomic mass is 10.3. The van der Waals surface area contributed by atoms with E-state index in [1.165, 1.54) is 35.7 Å². The van der Waals surface area contributed by atoms with Gasteiger partial charge in [0, 0.05) is 20.2 Å². The molecule has 1 aliphatic carbocycles. The van der Waals surface area contributed by atoms with Crippen LogP contribution in [0.3, 0.4) is 0 Å². The van der Waals surface area contributed by atoms with E-state index in [0.717, 1.165) is 25.7 Å². The van der Waals surface area contributed by atoms with Crippen LogP contribution in [0.25, 0.3) is 0 Å². The Kier molecular flexibility index (Phi) is 5.01. The van der Waals surface area contributed by atoms with Gasteiger partial charge < -0.3 is 4.74 Å². The molecule has 2 aliphatic rings. The first-order valence-corrected chi connectivity index (χ1v) is 11.3. The van der Waals surface area contributed by atoms with Crippen molar-refractivity contribution in [2.75, 3.05) is 26.0 Å². The highest BCUT2D eigenvalue weighted by Gasteiger charge is 2.35. The van der Waals surface area contributed by atoms with Gasteiger partial charge in [-0.1, -0.05) is 6.07 Å². The zero-order chi connectivity index (χ0) is 17.4. The van der Waals surface area contributed by atoms with Crippen LogP contribution in [0.5, 0.6) is 0 Å². The van der Waals surface area contributed by atoms with Crippen LogP contribution in [0.2, 0.25) is 0 Å². The molecule has 1 aromatic carbocycles. The smallest absolute Gasteiger partial charge is 0.243 e. The van der Waals surface area contributed by atoms with Gasteiger partial charge in [-0.25, -0.2) is 16.8 Å². The maximum Gasteiger partial charge on any atom is 0.243 e. The second-order valence-electron chi connectivity index (χ2n) is 6.48. The summed E-state index contributed by atoms with van der Waals surface area (Å²) in [6.07, 6.45) is 3.32. The minimum atomic E-state index is -3.62. The second-order valence-corrected chi connectivity index (χ2v) is 10.5. The standard InChI is InChI=1S/C16H23NO5S2/c1-22-16(13-7-8-13)12-23(18,19)14-5-4-6-15(11-14)24(20,21)17-9-2-3-10-17/h4-6,11,13,16H,2-3,7-10,12H2,1H3. The first-order chi connectivity index (χ1) is 11.3. The fourth-order valence-electron chi connectivity index (χ4n) is 3.08. The molecule has 0 amide bonds. The lowest BCUT2D eigenvalue weighted by molar-refractivity contribution is 0.102. The molecule has 1 aromatic rings. The van der Waals surface area contributed by atoms with Crippen molar-refractivity contribution in [3.8, 4) is 0 Å². The first kappa shape index (κ1) is 17.8. The summed E-state index contributed by atoms with van der Waals surface area (Å²) in [5, 5.41) is 0. The molecule has 0 spiro atoms. The Bertz CT molecular complexity index is 794. The van der Waals surface area contributed by atoms with Gasteiger partial charge in [-0.2, -0.15) is 4.31 Å². The molecule has 24 heavy (non-hydrogen) atoms. The first-order valence-electron chi connectivity index (χ1n) is 8.20. The maximum absolute atomic E-state index is 12.6. The fraction of sp³-hybridized carbons (Fsp3) is 0.625. The van der Waals surface area contributed by atoms with Gasteiger partial charge in [-0.15, -0.1) is 0 Å². The van der Waals surface area contributed by atoms with Crippen molar-refractivity contribution >= 4 is 19.9 Å². The van der Waals surface area contributed by atoms with Crippen LogP contribution < -0.4 is 0 Å². The Morgan fingerprint density at radius 1 is 1.12 bits per heavy atom. The fourth-order valence-corrected chi connectivity index (χ4v) is 6.35. The normalized spacial score (nSPS) is 21.0. The molecule has 0 N–H and O–H groups in total. The molecule has 0 radical (unpaired) electrons. The predicted octanol–water partition coefficient (Wildman–Crippen LogP) is 1.67. The molecule has 6 nitrogen and oxygen atoms in total. The summed E-state index contributed by atoms with van der Waals surface area (Å²) in [6.45, 7) is 0.986. The maximum atomic E-state index is 12.6. The number of hydrogen-bond acceptors (Lipinski definition) is 5. The number of ether oxygens (including phenoxy) is 1. The van der Waals surface area contributed by atoms with Crippen LogP contribution in [-0.2, 0) is 24.6 Å². The Labute approximate surface area is 143 Å².